The number of hydrogen-bond acceptors (Lipinski definition) is 4. The highest BCUT2D eigenvalue weighted by Crippen LogP contribution is 2.22. The molecule has 0 atom stereocenters. The molecule has 0 radical (unpaired) electrons. The van der Waals surface area contributed by atoms with E-state index in [1.807, 2.05) is 51.1 Å². The van der Waals surface area contributed by atoms with Crippen LogP contribution in [0.15, 0.2) is 42.6 Å². The third-order valence-corrected chi connectivity index (χ3v) is 2.64. The molecule has 1 heterocycles. The predicted molar refractivity (Wildman–Crippen MR) is 83.9 cm³/mol. The van der Waals surface area contributed by atoms with Gasteiger partial charge >= 0.3 is 6.09 Å². The Hall–Kier alpha value is -2.56. The third-order valence-electron chi connectivity index (χ3n) is 2.64. The van der Waals surface area contributed by atoms with Gasteiger partial charge in [0.25, 0.3) is 0 Å². The fourth-order valence-corrected chi connectivity index (χ4v) is 1.80. The monoisotopic (exact) mass is 285 g/mol. The third kappa shape index (κ3) is 4.49. The van der Waals surface area contributed by atoms with Crippen LogP contribution in [0.5, 0.6) is 0 Å². The second-order valence-corrected chi connectivity index (χ2v) is 5.67. The summed E-state index contributed by atoms with van der Waals surface area (Å²) in [4.78, 5) is 15.6. The lowest BCUT2D eigenvalue weighted by atomic mass is 10.1. The van der Waals surface area contributed by atoms with Crippen LogP contribution in [-0.4, -0.2) is 16.7 Å². The van der Waals surface area contributed by atoms with Crippen molar-refractivity contribution in [1.29, 1.82) is 0 Å². The molecule has 5 heteroatoms. The number of nitrogens with zero attached hydrogens (tertiary/aromatic N) is 1. The van der Waals surface area contributed by atoms with Gasteiger partial charge in [-0.1, -0.05) is 12.1 Å². The molecule has 0 aliphatic heterocycles. The van der Waals surface area contributed by atoms with Crippen molar-refractivity contribution in [1.82, 2.24) is 4.98 Å². The van der Waals surface area contributed by atoms with E-state index in [2.05, 4.69) is 10.3 Å². The van der Waals surface area contributed by atoms with Gasteiger partial charge in [-0.3, -0.25) is 5.32 Å². The van der Waals surface area contributed by atoms with Crippen molar-refractivity contribution in [2.45, 2.75) is 26.4 Å². The van der Waals surface area contributed by atoms with Gasteiger partial charge in [0.05, 0.1) is 0 Å². The molecule has 0 unspecified atom stereocenters. The normalized spacial score (nSPS) is 11.0. The molecule has 1 aromatic carbocycles. The highest BCUT2D eigenvalue weighted by atomic mass is 16.6. The summed E-state index contributed by atoms with van der Waals surface area (Å²) in [7, 11) is 0. The minimum absolute atomic E-state index is 0.469. The summed E-state index contributed by atoms with van der Waals surface area (Å²) in [6, 6.07) is 11.1. The van der Waals surface area contributed by atoms with Crippen LogP contribution in [0.3, 0.4) is 0 Å². The van der Waals surface area contributed by atoms with Crippen molar-refractivity contribution in [3.05, 3.63) is 42.6 Å². The van der Waals surface area contributed by atoms with Gasteiger partial charge in [0, 0.05) is 11.9 Å². The summed E-state index contributed by atoms with van der Waals surface area (Å²) in [5.74, 6) is 0.475. The maximum atomic E-state index is 11.7. The molecular formula is C16H19N3O2. The number of nitrogen functional groups attached to an aromatic ring is 1. The number of ether oxygens (including phenoxy) is 1. The van der Waals surface area contributed by atoms with E-state index < -0.39 is 11.7 Å². The number of benzene rings is 1. The lowest BCUT2D eigenvalue weighted by Gasteiger charge is -2.19. The van der Waals surface area contributed by atoms with Gasteiger partial charge < -0.3 is 10.5 Å². The fourth-order valence-electron chi connectivity index (χ4n) is 1.80. The molecular weight excluding hydrogens is 266 g/mol. The summed E-state index contributed by atoms with van der Waals surface area (Å²) >= 11 is 0. The van der Waals surface area contributed by atoms with Crippen LogP contribution in [0, 0.1) is 0 Å². The van der Waals surface area contributed by atoms with E-state index in [1.165, 1.54) is 0 Å². The van der Waals surface area contributed by atoms with Gasteiger partial charge in [-0.05, 0) is 56.2 Å². The molecule has 2 aromatic rings. The van der Waals surface area contributed by atoms with Gasteiger partial charge in [-0.2, -0.15) is 0 Å². The van der Waals surface area contributed by atoms with E-state index in [-0.39, 0.29) is 0 Å². The smallest absolute Gasteiger partial charge is 0.412 e. The lowest BCUT2D eigenvalue weighted by Crippen LogP contribution is -2.27. The Morgan fingerprint density at radius 3 is 2.38 bits per heavy atom. The zero-order chi connectivity index (χ0) is 15.5. The molecule has 0 saturated carbocycles. The molecule has 0 spiro atoms. The molecule has 1 amide bonds. The number of nitrogens with two attached hydrogens (primary N) is 1. The van der Waals surface area contributed by atoms with Crippen molar-refractivity contribution in [2.24, 2.45) is 0 Å². The molecule has 0 saturated heterocycles. The van der Waals surface area contributed by atoms with E-state index in [9.17, 15) is 4.79 Å². The van der Waals surface area contributed by atoms with E-state index in [0.717, 1.165) is 11.1 Å². The van der Waals surface area contributed by atoms with Gasteiger partial charge in [0.15, 0.2) is 0 Å². The standard InChI is InChI=1S/C16H19N3O2/c1-16(2,3)21-15(20)19-13-6-4-11(5-7-13)12-8-9-18-14(17)10-12/h4-10H,1-3H3,(H2,17,18)(H,19,20). The van der Waals surface area contributed by atoms with Crippen molar-refractivity contribution in [3.63, 3.8) is 0 Å². The SMILES string of the molecule is CC(C)(C)OC(=O)Nc1ccc(-c2ccnc(N)c2)cc1. The first kappa shape index (κ1) is 14.8. The maximum absolute atomic E-state index is 11.7. The number of nitrogens with one attached hydrogen (secondary N) is 1. The molecule has 1 aromatic heterocycles. The van der Waals surface area contributed by atoms with E-state index in [0.29, 0.717) is 11.5 Å². The molecule has 2 rings (SSSR count). The van der Waals surface area contributed by atoms with Gasteiger partial charge in [0.1, 0.15) is 11.4 Å². The number of rotatable bonds is 2. The number of carbonyl (C=O) groups is 1. The van der Waals surface area contributed by atoms with Gasteiger partial charge in [-0.15, -0.1) is 0 Å². The van der Waals surface area contributed by atoms with Crippen LogP contribution >= 0.6 is 0 Å². The molecule has 0 aliphatic rings. The first-order valence-corrected chi connectivity index (χ1v) is 6.65. The fraction of sp³-hybridized carbons (Fsp3) is 0.250. The summed E-state index contributed by atoms with van der Waals surface area (Å²) in [6.07, 6.45) is 1.20. The average Bonchev–Trinajstić information content (AvgIpc) is 2.37. The van der Waals surface area contributed by atoms with Crippen molar-refractivity contribution >= 4 is 17.6 Å². The van der Waals surface area contributed by atoms with Gasteiger partial charge in [-0.25, -0.2) is 9.78 Å². The molecule has 0 aliphatic carbocycles. The molecule has 0 bridgehead atoms. The van der Waals surface area contributed by atoms with Gasteiger partial charge in [0.2, 0.25) is 0 Å². The highest BCUT2D eigenvalue weighted by Gasteiger charge is 2.16. The van der Waals surface area contributed by atoms with E-state index in [4.69, 9.17) is 10.5 Å². The number of pyridine rings is 1. The zero-order valence-corrected chi connectivity index (χ0v) is 12.4. The minimum Gasteiger partial charge on any atom is -0.444 e. The molecule has 110 valence electrons. The summed E-state index contributed by atoms with van der Waals surface area (Å²) in [5.41, 5.74) is 7.80. The van der Waals surface area contributed by atoms with Crippen LogP contribution in [0.4, 0.5) is 16.3 Å². The Kier molecular flexibility index (Phi) is 4.12. The number of aromatic nitrogens is 1. The Labute approximate surface area is 124 Å². The van der Waals surface area contributed by atoms with Crippen molar-refractivity contribution in [2.75, 3.05) is 11.1 Å². The highest BCUT2D eigenvalue weighted by molar-refractivity contribution is 5.85. The lowest BCUT2D eigenvalue weighted by molar-refractivity contribution is 0.0636. The van der Waals surface area contributed by atoms with Crippen LogP contribution in [0.25, 0.3) is 11.1 Å². The Morgan fingerprint density at radius 2 is 1.81 bits per heavy atom. The van der Waals surface area contributed by atoms with Crippen molar-refractivity contribution in [3.8, 4) is 11.1 Å². The average molecular weight is 285 g/mol. The van der Waals surface area contributed by atoms with Crippen LogP contribution < -0.4 is 11.1 Å². The Morgan fingerprint density at radius 1 is 1.14 bits per heavy atom. The Balaban J connectivity index is 2.07. The molecule has 5 nitrogen and oxygen atoms in total. The second kappa shape index (κ2) is 5.83. The topological polar surface area (TPSA) is 77.2 Å². The van der Waals surface area contributed by atoms with E-state index >= 15 is 0 Å². The largest absolute Gasteiger partial charge is 0.444 e. The first-order valence-electron chi connectivity index (χ1n) is 6.65. The number of anilines is 2. The van der Waals surface area contributed by atoms with Crippen LogP contribution in [-0.2, 0) is 4.74 Å². The number of hydrogen-bond donors (Lipinski definition) is 2. The Bertz CT molecular complexity index is 631. The zero-order valence-electron chi connectivity index (χ0n) is 12.4. The van der Waals surface area contributed by atoms with Crippen LogP contribution in [0.2, 0.25) is 0 Å². The minimum atomic E-state index is -0.515. The molecule has 3 N–H and O–H groups in total. The molecule has 0 fully saturated rings. The number of carbonyl (C=O) groups excluding carboxylic acids is 1. The summed E-state index contributed by atoms with van der Waals surface area (Å²) in [5, 5.41) is 2.69. The first-order chi connectivity index (χ1) is 9.83. The van der Waals surface area contributed by atoms with E-state index in [1.54, 1.807) is 12.3 Å². The second-order valence-electron chi connectivity index (χ2n) is 5.67. The quantitative estimate of drug-likeness (QED) is 0.882. The summed E-state index contributed by atoms with van der Waals surface area (Å²) < 4.78 is 5.20. The maximum Gasteiger partial charge on any atom is 0.412 e. The number of amides is 1. The predicted octanol–water partition coefficient (Wildman–Crippen LogP) is 3.68. The summed E-state index contributed by atoms with van der Waals surface area (Å²) in [6.45, 7) is 5.47. The van der Waals surface area contributed by atoms with Crippen LogP contribution in [0.1, 0.15) is 20.8 Å². The molecule has 21 heavy (non-hydrogen) atoms. The van der Waals surface area contributed by atoms with Crippen molar-refractivity contribution < 1.29 is 9.53 Å².